The van der Waals surface area contributed by atoms with Crippen LogP contribution in [-0.2, 0) is 4.74 Å². The Bertz CT molecular complexity index is 463. The van der Waals surface area contributed by atoms with Crippen LogP contribution < -0.4 is 10.6 Å². The number of para-hydroxylation sites is 1. The van der Waals surface area contributed by atoms with Crippen molar-refractivity contribution in [3.63, 3.8) is 0 Å². The van der Waals surface area contributed by atoms with E-state index in [9.17, 15) is 10.1 Å². The Morgan fingerprint density at radius 2 is 2.00 bits per heavy atom. The highest BCUT2D eigenvalue weighted by molar-refractivity contribution is 5.76. The molecule has 0 fully saturated rings. The van der Waals surface area contributed by atoms with Gasteiger partial charge in [-0.3, -0.25) is 10.1 Å². The highest BCUT2D eigenvalue weighted by Crippen LogP contribution is 2.33. The highest BCUT2D eigenvalue weighted by atomic mass is 16.6. The van der Waals surface area contributed by atoms with E-state index in [0.717, 1.165) is 6.42 Å². The van der Waals surface area contributed by atoms with Gasteiger partial charge in [0.25, 0.3) is 0 Å². The monoisotopic (exact) mass is 295 g/mol. The zero-order chi connectivity index (χ0) is 15.8. The second kappa shape index (κ2) is 8.46. The second-order valence-electron chi connectivity index (χ2n) is 5.34. The van der Waals surface area contributed by atoms with Crippen molar-refractivity contribution < 1.29 is 9.66 Å². The Labute approximate surface area is 126 Å². The molecule has 1 unspecified atom stereocenters. The number of nitro groups is 1. The van der Waals surface area contributed by atoms with Crippen LogP contribution in [-0.4, -0.2) is 31.2 Å². The second-order valence-corrected chi connectivity index (χ2v) is 5.34. The molecule has 1 rings (SSSR count). The van der Waals surface area contributed by atoms with Crippen LogP contribution in [0.3, 0.4) is 0 Å². The Balaban J connectivity index is 3.07. The summed E-state index contributed by atoms with van der Waals surface area (Å²) in [5.74, 6) is 0.303. The summed E-state index contributed by atoms with van der Waals surface area (Å²) in [5.41, 5.74) is 1.16. The third-order valence-electron chi connectivity index (χ3n) is 3.28. The first-order valence-corrected chi connectivity index (χ1v) is 7.28. The minimum absolute atomic E-state index is 0.0233. The Hall–Kier alpha value is -1.82. The smallest absolute Gasteiger partial charge is 0.315 e. The lowest BCUT2D eigenvalue weighted by Crippen LogP contribution is -2.30. The summed E-state index contributed by atoms with van der Waals surface area (Å²) in [7, 11) is 1.63. The molecule has 0 saturated heterocycles. The van der Waals surface area contributed by atoms with Crippen molar-refractivity contribution in [2.45, 2.75) is 33.2 Å². The van der Waals surface area contributed by atoms with Gasteiger partial charge in [-0.15, -0.1) is 0 Å². The van der Waals surface area contributed by atoms with Crippen LogP contribution in [0.15, 0.2) is 18.2 Å². The third kappa shape index (κ3) is 4.90. The normalized spacial score (nSPS) is 12.2. The summed E-state index contributed by atoms with van der Waals surface area (Å²) >= 11 is 0. The molecule has 0 bridgehead atoms. The minimum atomic E-state index is -0.343. The van der Waals surface area contributed by atoms with Gasteiger partial charge in [0.05, 0.1) is 17.6 Å². The maximum Gasteiger partial charge on any atom is 0.315 e. The molecule has 0 aliphatic heterocycles. The van der Waals surface area contributed by atoms with Gasteiger partial charge in [0.15, 0.2) is 0 Å². The summed E-state index contributed by atoms with van der Waals surface area (Å²) in [6, 6.07) is 5.31. The molecule has 2 N–H and O–H groups in total. The summed E-state index contributed by atoms with van der Waals surface area (Å²) < 4.78 is 5.18. The number of anilines is 2. The van der Waals surface area contributed by atoms with Gasteiger partial charge in [-0.25, -0.2) is 0 Å². The first-order valence-electron chi connectivity index (χ1n) is 7.28. The zero-order valence-electron chi connectivity index (χ0n) is 13.2. The minimum Gasteiger partial charge on any atom is -0.383 e. The van der Waals surface area contributed by atoms with Crippen molar-refractivity contribution in [1.82, 2.24) is 0 Å². The average Bonchev–Trinajstić information content (AvgIpc) is 2.44. The predicted molar refractivity (Wildman–Crippen MR) is 86.0 cm³/mol. The van der Waals surface area contributed by atoms with E-state index in [1.807, 2.05) is 13.0 Å². The number of ether oxygens (including phenoxy) is 1. The fourth-order valence-electron chi connectivity index (χ4n) is 2.04. The fraction of sp³-hybridized carbons (Fsp3) is 0.600. The molecule has 0 heterocycles. The van der Waals surface area contributed by atoms with E-state index in [-0.39, 0.29) is 16.7 Å². The number of hydrogen-bond donors (Lipinski definition) is 2. The summed E-state index contributed by atoms with van der Waals surface area (Å²) in [4.78, 5) is 11.1. The topological polar surface area (TPSA) is 76.4 Å². The number of nitrogens with one attached hydrogen (secondary N) is 2. The Kier molecular flexibility index (Phi) is 6.94. The lowest BCUT2D eigenvalue weighted by Gasteiger charge is -2.23. The van der Waals surface area contributed by atoms with Crippen LogP contribution in [0.4, 0.5) is 17.1 Å². The number of benzene rings is 1. The molecule has 1 aromatic rings. The molecule has 1 atom stereocenters. The molecule has 0 saturated carbocycles. The van der Waals surface area contributed by atoms with Gasteiger partial charge in [-0.1, -0.05) is 26.8 Å². The lowest BCUT2D eigenvalue weighted by molar-refractivity contribution is -0.383. The standard InChI is InChI=1S/C15H25N3O3/c1-5-9-16-12-7-6-8-13(15(12)18(19)20)17-14(10-21-4)11(2)3/h6-8,11,14,16-17H,5,9-10H2,1-4H3. The molecule has 21 heavy (non-hydrogen) atoms. The Morgan fingerprint density at radius 1 is 1.33 bits per heavy atom. The van der Waals surface area contributed by atoms with Gasteiger partial charge in [0.1, 0.15) is 11.4 Å². The number of rotatable bonds is 9. The lowest BCUT2D eigenvalue weighted by atomic mass is 10.0. The molecule has 0 aromatic heterocycles. The molecule has 0 amide bonds. The summed E-state index contributed by atoms with van der Waals surface area (Å²) in [5, 5.41) is 17.8. The van der Waals surface area contributed by atoms with E-state index in [0.29, 0.717) is 30.4 Å². The zero-order valence-corrected chi connectivity index (χ0v) is 13.2. The molecule has 0 radical (unpaired) electrons. The van der Waals surface area contributed by atoms with Gasteiger partial charge >= 0.3 is 5.69 Å². The largest absolute Gasteiger partial charge is 0.383 e. The van der Waals surface area contributed by atoms with E-state index in [4.69, 9.17) is 4.74 Å². The van der Waals surface area contributed by atoms with Gasteiger partial charge in [0, 0.05) is 13.7 Å². The predicted octanol–water partition coefficient (Wildman–Crippen LogP) is 3.50. The average molecular weight is 295 g/mol. The first kappa shape index (κ1) is 17.2. The Morgan fingerprint density at radius 3 is 2.52 bits per heavy atom. The third-order valence-corrected chi connectivity index (χ3v) is 3.28. The van der Waals surface area contributed by atoms with Crippen molar-refractivity contribution in [3.05, 3.63) is 28.3 Å². The molecule has 0 spiro atoms. The number of hydrogen-bond acceptors (Lipinski definition) is 5. The van der Waals surface area contributed by atoms with E-state index >= 15 is 0 Å². The van der Waals surface area contributed by atoms with Crippen LogP contribution in [0.2, 0.25) is 0 Å². The summed E-state index contributed by atoms with van der Waals surface area (Å²) in [6.07, 6.45) is 0.910. The molecule has 6 nitrogen and oxygen atoms in total. The van der Waals surface area contributed by atoms with Crippen LogP contribution >= 0.6 is 0 Å². The quantitative estimate of drug-likeness (QED) is 0.538. The van der Waals surface area contributed by atoms with Crippen molar-refractivity contribution in [3.8, 4) is 0 Å². The van der Waals surface area contributed by atoms with Crippen molar-refractivity contribution >= 4 is 17.1 Å². The van der Waals surface area contributed by atoms with Crippen molar-refractivity contribution in [1.29, 1.82) is 0 Å². The van der Waals surface area contributed by atoms with Crippen molar-refractivity contribution in [2.75, 3.05) is 30.9 Å². The maximum atomic E-state index is 11.4. The SMILES string of the molecule is CCCNc1cccc(NC(COC)C(C)C)c1[N+](=O)[O-]. The van der Waals surface area contributed by atoms with E-state index in [2.05, 4.69) is 24.5 Å². The van der Waals surface area contributed by atoms with Crippen molar-refractivity contribution in [2.24, 2.45) is 5.92 Å². The van der Waals surface area contributed by atoms with Crippen LogP contribution in [0.25, 0.3) is 0 Å². The maximum absolute atomic E-state index is 11.4. The molecule has 6 heteroatoms. The molecule has 0 aliphatic rings. The fourth-order valence-corrected chi connectivity index (χ4v) is 2.04. The first-order chi connectivity index (χ1) is 10.0. The number of methoxy groups -OCH3 is 1. The van der Waals surface area contributed by atoms with Gasteiger partial charge in [0.2, 0.25) is 0 Å². The van der Waals surface area contributed by atoms with Crippen LogP contribution in [0, 0.1) is 16.0 Å². The summed E-state index contributed by atoms with van der Waals surface area (Å²) in [6.45, 7) is 7.34. The van der Waals surface area contributed by atoms with Crippen LogP contribution in [0.5, 0.6) is 0 Å². The van der Waals surface area contributed by atoms with Crippen LogP contribution in [0.1, 0.15) is 27.2 Å². The highest BCUT2D eigenvalue weighted by Gasteiger charge is 2.22. The van der Waals surface area contributed by atoms with Gasteiger partial charge in [-0.05, 0) is 24.5 Å². The molecule has 0 aliphatic carbocycles. The number of nitrogens with zero attached hydrogens (tertiary/aromatic N) is 1. The van der Waals surface area contributed by atoms with Gasteiger partial charge in [-0.2, -0.15) is 0 Å². The molecular formula is C15H25N3O3. The van der Waals surface area contributed by atoms with E-state index < -0.39 is 0 Å². The van der Waals surface area contributed by atoms with Gasteiger partial charge < -0.3 is 15.4 Å². The number of nitro benzene ring substituents is 1. The molecular weight excluding hydrogens is 270 g/mol. The molecule has 118 valence electrons. The molecule has 1 aromatic carbocycles. The van der Waals surface area contributed by atoms with E-state index in [1.165, 1.54) is 0 Å². The van der Waals surface area contributed by atoms with E-state index in [1.54, 1.807) is 19.2 Å².